The minimum atomic E-state index is -0.432. The Hall–Kier alpha value is -1.18. The second kappa shape index (κ2) is 6.31. The lowest BCUT2D eigenvalue weighted by Crippen LogP contribution is -2.54. The van der Waals surface area contributed by atoms with Gasteiger partial charge in [-0.2, -0.15) is 0 Å². The fourth-order valence-corrected chi connectivity index (χ4v) is 2.52. The first-order chi connectivity index (χ1) is 9.11. The normalized spacial score (nSPS) is 27.7. The van der Waals surface area contributed by atoms with Gasteiger partial charge < -0.3 is 25.0 Å². The number of nitrogens with zero attached hydrogens (tertiary/aromatic N) is 2. The van der Waals surface area contributed by atoms with Crippen LogP contribution >= 0.6 is 0 Å². The third-order valence-electron chi connectivity index (χ3n) is 3.62. The molecular formula is C12H21N3O4. The van der Waals surface area contributed by atoms with Gasteiger partial charge in [0, 0.05) is 39.8 Å². The number of aliphatic hydroxyl groups excluding tert-OH is 1. The summed E-state index contributed by atoms with van der Waals surface area (Å²) in [6.07, 6.45) is 0.0419. The summed E-state index contributed by atoms with van der Waals surface area (Å²) >= 11 is 0. The molecule has 0 aromatic carbocycles. The lowest BCUT2D eigenvalue weighted by Gasteiger charge is -2.35. The number of amides is 2. The van der Waals surface area contributed by atoms with E-state index in [9.17, 15) is 14.7 Å². The fourth-order valence-electron chi connectivity index (χ4n) is 2.52. The maximum atomic E-state index is 12.2. The summed E-state index contributed by atoms with van der Waals surface area (Å²) in [7, 11) is 1.49. The topological polar surface area (TPSA) is 82.1 Å². The average Bonchev–Trinajstić information content (AvgIpc) is 2.85. The Morgan fingerprint density at radius 1 is 1.26 bits per heavy atom. The van der Waals surface area contributed by atoms with Crippen molar-refractivity contribution in [1.82, 2.24) is 15.1 Å². The standard InChI is InChI=1S/C12H21N3O4/c1-19-8-11(17)14-2-4-15(5-3-14)12(18)10-6-9(16)7-13-10/h9-10,13,16H,2-8H2,1H3. The van der Waals surface area contributed by atoms with Gasteiger partial charge in [-0.1, -0.05) is 0 Å². The predicted molar refractivity (Wildman–Crippen MR) is 67.5 cm³/mol. The van der Waals surface area contributed by atoms with Crippen molar-refractivity contribution in [3.8, 4) is 0 Å². The van der Waals surface area contributed by atoms with Crippen LogP contribution in [0.2, 0.25) is 0 Å². The quantitative estimate of drug-likeness (QED) is 0.622. The molecule has 108 valence electrons. The number of nitrogens with one attached hydrogen (secondary N) is 1. The van der Waals surface area contributed by atoms with E-state index < -0.39 is 6.10 Å². The molecule has 0 saturated carbocycles. The van der Waals surface area contributed by atoms with E-state index in [1.54, 1.807) is 9.80 Å². The number of ether oxygens (including phenoxy) is 1. The van der Waals surface area contributed by atoms with Crippen LogP contribution in [-0.2, 0) is 14.3 Å². The highest BCUT2D eigenvalue weighted by Crippen LogP contribution is 2.11. The first-order valence-electron chi connectivity index (χ1n) is 6.58. The van der Waals surface area contributed by atoms with Gasteiger partial charge in [-0.25, -0.2) is 0 Å². The SMILES string of the molecule is COCC(=O)N1CCN(C(=O)C2CC(O)CN2)CC1. The Bertz CT molecular complexity index is 342. The molecule has 0 radical (unpaired) electrons. The van der Waals surface area contributed by atoms with Gasteiger partial charge in [-0.3, -0.25) is 9.59 Å². The molecule has 2 aliphatic heterocycles. The Balaban J connectivity index is 1.79. The van der Waals surface area contributed by atoms with Crippen molar-refractivity contribution < 1.29 is 19.4 Å². The summed E-state index contributed by atoms with van der Waals surface area (Å²) in [5.74, 6) is -0.0144. The highest BCUT2D eigenvalue weighted by Gasteiger charge is 2.33. The van der Waals surface area contributed by atoms with Gasteiger partial charge in [0.2, 0.25) is 11.8 Å². The predicted octanol–water partition coefficient (Wildman–Crippen LogP) is -1.97. The second-order valence-electron chi connectivity index (χ2n) is 4.99. The summed E-state index contributed by atoms with van der Waals surface area (Å²) in [6.45, 7) is 2.74. The van der Waals surface area contributed by atoms with E-state index in [4.69, 9.17) is 4.74 Å². The van der Waals surface area contributed by atoms with Crippen molar-refractivity contribution in [2.75, 3.05) is 46.4 Å². The Kier molecular flexibility index (Phi) is 4.73. The smallest absolute Gasteiger partial charge is 0.248 e. The van der Waals surface area contributed by atoms with Gasteiger partial charge in [0.25, 0.3) is 0 Å². The molecule has 0 aliphatic carbocycles. The minimum absolute atomic E-state index is 0.0235. The first kappa shape index (κ1) is 14.2. The molecule has 2 atom stereocenters. The van der Waals surface area contributed by atoms with E-state index in [1.807, 2.05) is 0 Å². The van der Waals surface area contributed by atoms with Crippen molar-refractivity contribution in [2.45, 2.75) is 18.6 Å². The fraction of sp³-hybridized carbons (Fsp3) is 0.833. The molecule has 19 heavy (non-hydrogen) atoms. The van der Waals surface area contributed by atoms with Crippen LogP contribution in [0, 0.1) is 0 Å². The van der Waals surface area contributed by atoms with Gasteiger partial charge in [0.15, 0.2) is 0 Å². The van der Waals surface area contributed by atoms with E-state index in [1.165, 1.54) is 7.11 Å². The molecule has 0 aromatic rings. The number of carbonyl (C=O) groups is 2. The van der Waals surface area contributed by atoms with Crippen molar-refractivity contribution in [1.29, 1.82) is 0 Å². The molecule has 2 amide bonds. The van der Waals surface area contributed by atoms with Gasteiger partial charge in [0.05, 0.1) is 12.1 Å². The molecule has 2 N–H and O–H groups in total. The van der Waals surface area contributed by atoms with Crippen molar-refractivity contribution in [3.05, 3.63) is 0 Å². The highest BCUT2D eigenvalue weighted by molar-refractivity contribution is 5.83. The molecule has 0 bridgehead atoms. The number of methoxy groups -OCH3 is 1. The molecule has 2 fully saturated rings. The van der Waals surface area contributed by atoms with E-state index in [0.717, 1.165) is 0 Å². The van der Waals surface area contributed by atoms with Crippen molar-refractivity contribution in [2.24, 2.45) is 0 Å². The Labute approximate surface area is 112 Å². The molecule has 2 unspecified atom stereocenters. The molecule has 2 rings (SSSR count). The molecule has 7 nitrogen and oxygen atoms in total. The zero-order valence-corrected chi connectivity index (χ0v) is 11.2. The van der Waals surface area contributed by atoms with E-state index >= 15 is 0 Å². The molecule has 0 aromatic heterocycles. The van der Waals surface area contributed by atoms with Crippen LogP contribution < -0.4 is 5.32 Å². The van der Waals surface area contributed by atoms with Gasteiger partial charge in [-0.15, -0.1) is 0 Å². The van der Waals surface area contributed by atoms with Crippen LogP contribution in [0.15, 0.2) is 0 Å². The Morgan fingerprint density at radius 3 is 2.42 bits per heavy atom. The zero-order chi connectivity index (χ0) is 13.8. The Morgan fingerprint density at radius 2 is 1.89 bits per heavy atom. The largest absolute Gasteiger partial charge is 0.392 e. The number of hydrogen-bond acceptors (Lipinski definition) is 5. The van der Waals surface area contributed by atoms with Crippen LogP contribution in [-0.4, -0.2) is 85.3 Å². The monoisotopic (exact) mass is 271 g/mol. The van der Waals surface area contributed by atoms with Crippen LogP contribution in [0.3, 0.4) is 0 Å². The van der Waals surface area contributed by atoms with Crippen LogP contribution in [0.4, 0.5) is 0 Å². The molecular weight excluding hydrogens is 250 g/mol. The highest BCUT2D eigenvalue weighted by atomic mass is 16.5. The van der Waals surface area contributed by atoms with Crippen molar-refractivity contribution >= 4 is 11.8 Å². The number of piperazine rings is 1. The number of hydrogen-bond donors (Lipinski definition) is 2. The van der Waals surface area contributed by atoms with Crippen molar-refractivity contribution in [3.63, 3.8) is 0 Å². The number of aliphatic hydroxyl groups is 1. The third kappa shape index (κ3) is 3.43. The molecule has 2 aliphatic rings. The van der Waals surface area contributed by atoms with Crippen LogP contribution in [0.1, 0.15) is 6.42 Å². The van der Waals surface area contributed by atoms with E-state index in [-0.39, 0.29) is 24.5 Å². The number of carbonyl (C=O) groups excluding carboxylic acids is 2. The maximum Gasteiger partial charge on any atom is 0.248 e. The number of β-amino-alcohol motifs (C(OH)–C–C–N with tert-alkyl or cyclic N) is 1. The van der Waals surface area contributed by atoms with Gasteiger partial charge in [0.1, 0.15) is 6.61 Å². The van der Waals surface area contributed by atoms with Crippen LogP contribution in [0.25, 0.3) is 0 Å². The van der Waals surface area contributed by atoms with E-state index in [2.05, 4.69) is 5.32 Å². The first-order valence-corrected chi connectivity index (χ1v) is 6.58. The lowest BCUT2D eigenvalue weighted by molar-refractivity contribution is -0.142. The summed E-state index contributed by atoms with van der Waals surface area (Å²) in [6, 6.07) is -0.281. The van der Waals surface area contributed by atoms with Gasteiger partial charge in [-0.05, 0) is 6.42 Å². The summed E-state index contributed by atoms with van der Waals surface area (Å²) < 4.78 is 4.81. The number of rotatable bonds is 3. The molecule has 7 heteroatoms. The maximum absolute atomic E-state index is 12.2. The van der Waals surface area contributed by atoms with Gasteiger partial charge >= 0.3 is 0 Å². The zero-order valence-electron chi connectivity index (χ0n) is 11.2. The van der Waals surface area contributed by atoms with E-state index in [0.29, 0.717) is 39.1 Å². The lowest BCUT2D eigenvalue weighted by atomic mass is 10.1. The summed E-state index contributed by atoms with van der Waals surface area (Å²) in [5, 5.41) is 12.4. The average molecular weight is 271 g/mol. The summed E-state index contributed by atoms with van der Waals surface area (Å²) in [4.78, 5) is 27.3. The molecule has 2 heterocycles. The third-order valence-corrected chi connectivity index (χ3v) is 3.62. The molecule has 0 spiro atoms. The minimum Gasteiger partial charge on any atom is -0.392 e. The summed E-state index contributed by atoms with van der Waals surface area (Å²) in [5.41, 5.74) is 0. The van der Waals surface area contributed by atoms with Crippen LogP contribution in [0.5, 0.6) is 0 Å². The second-order valence-corrected chi connectivity index (χ2v) is 4.99. The molecule has 2 saturated heterocycles.